The molecule has 0 saturated carbocycles. The zero-order valence-electron chi connectivity index (χ0n) is 8.13. The predicted octanol–water partition coefficient (Wildman–Crippen LogP) is 0.319. The highest BCUT2D eigenvalue weighted by atomic mass is 32.2. The fraction of sp³-hybridized carbons (Fsp3) is 0.111. The van der Waals surface area contributed by atoms with Crippen molar-refractivity contribution < 1.29 is 8.42 Å². The van der Waals surface area contributed by atoms with Crippen molar-refractivity contribution in [3.05, 3.63) is 36.9 Å². The molecular weight excluding hydrogens is 214 g/mol. The van der Waals surface area contributed by atoms with Crippen LogP contribution in [-0.4, -0.2) is 19.4 Å². The second kappa shape index (κ2) is 4.43. The molecule has 0 radical (unpaired) electrons. The molecule has 6 heteroatoms. The minimum absolute atomic E-state index is 0.00866. The fourth-order valence-electron chi connectivity index (χ4n) is 1.07. The van der Waals surface area contributed by atoms with Crippen molar-refractivity contribution in [3.63, 3.8) is 0 Å². The van der Waals surface area contributed by atoms with E-state index in [4.69, 9.17) is 11.6 Å². The van der Waals surface area contributed by atoms with Gasteiger partial charge in [0, 0.05) is 6.54 Å². The van der Waals surface area contributed by atoms with Crippen molar-refractivity contribution in [2.24, 2.45) is 5.84 Å². The van der Waals surface area contributed by atoms with Crippen molar-refractivity contribution in [1.29, 1.82) is 0 Å². The molecular formula is C9H13N3O2S. The number of nitrogen functional groups attached to an aromatic ring is 1. The average molecular weight is 227 g/mol. The Bertz CT molecular complexity index is 456. The summed E-state index contributed by atoms with van der Waals surface area (Å²) in [7, 11) is -3.72. The SMILES string of the molecule is C=CCN(N)S(=O)(=O)c1ccccc1N. The van der Waals surface area contributed by atoms with Gasteiger partial charge in [0.25, 0.3) is 10.0 Å². The summed E-state index contributed by atoms with van der Waals surface area (Å²) in [6, 6.07) is 6.16. The quantitative estimate of drug-likeness (QED) is 0.335. The lowest BCUT2D eigenvalue weighted by atomic mass is 10.3. The molecule has 0 amide bonds. The van der Waals surface area contributed by atoms with E-state index < -0.39 is 10.0 Å². The topological polar surface area (TPSA) is 89.4 Å². The van der Waals surface area contributed by atoms with Crippen molar-refractivity contribution in [1.82, 2.24) is 4.41 Å². The molecule has 0 unspecified atom stereocenters. The molecule has 0 aliphatic carbocycles. The molecule has 15 heavy (non-hydrogen) atoms. The van der Waals surface area contributed by atoms with Gasteiger partial charge in [-0.1, -0.05) is 18.2 Å². The van der Waals surface area contributed by atoms with Crippen LogP contribution in [-0.2, 0) is 10.0 Å². The van der Waals surface area contributed by atoms with Gasteiger partial charge >= 0.3 is 0 Å². The lowest BCUT2D eigenvalue weighted by molar-refractivity contribution is 0.459. The summed E-state index contributed by atoms with van der Waals surface area (Å²) in [5.74, 6) is 5.38. The number of nitrogens with two attached hydrogens (primary N) is 2. The number of rotatable bonds is 4. The van der Waals surface area contributed by atoms with Crippen LogP contribution in [0.5, 0.6) is 0 Å². The van der Waals surface area contributed by atoms with Gasteiger partial charge in [-0.3, -0.25) is 5.84 Å². The molecule has 0 aliphatic heterocycles. The number of hydrogen-bond acceptors (Lipinski definition) is 4. The van der Waals surface area contributed by atoms with Crippen LogP contribution in [0.3, 0.4) is 0 Å². The first-order valence-corrected chi connectivity index (χ1v) is 5.67. The number of nitrogens with zero attached hydrogens (tertiary/aromatic N) is 1. The lowest BCUT2D eigenvalue weighted by Gasteiger charge is -2.15. The van der Waals surface area contributed by atoms with Gasteiger partial charge in [-0.2, -0.15) is 0 Å². The van der Waals surface area contributed by atoms with Gasteiger partial charge in [0.2, 0.25) is 0 Å². The molecule has 1 aromatic carbocycles. The van der Waals surface area contributed by atoms with E-state index in [1.807, 2.05) is 0 Å². The zero-order chi connectivity index (χ0) is 11.5. The van der Waals surface area contributed by atoms with Crippen LogP contribution in [0.1, 0.15) is 0 Å². The Morgan fingerprint density at radius 2 is 2.00 bits per heavy atom. The van der Waals surface area contributed by atoms with Crippen molar-refractivity contribution in [3.8, 4) is 0 Å². The van der Waals surface area contributed by atoms with E-state index in [9.17, 15) is 8.42 Å². The highest BCUT2D eigenvalue weighted by molar-refractivity contribution is 7.89. The summed E-state index contributed by atoms with van der Waals surface area (Å²) in [6.45, 7) is 3.45. The Kier molecular flexibility index (Phi) is 3.46. The van der Waals surface area contributed by atoms with Crippen LogP contribution >= 0.6 is 0 Å². The maximum atomic E-state index is 11.8. The summed E-state index contributed by atoms with van der Waals surface area (Å²) < 4.78 is 24.3. The van der Waals surface area contributed by atoms with Gasteiger partial charge in [-0.25, -0.2) is 8.42 Å². The van der Waals surface area contributed by atoms with Crippen LogP contribution in [0.25, 0.3) is 0 Å². The minimum atomic E-state index is -3.72. The monoisotopic (exact) mass is 227 g/mol. The summed E-state index contributed by atoms with van der Waals surface area (Å²) in [6.07, 6.45) is 1.40. The van der Waals surface area contributed by atoms with Crippen LogP contribution in [0.15, 0.2) is 41.8 Å². The highest BCUT2D eigenvalue weighted by Crippen LogP contribution is 2.19. The van der Waals surface area contributed by atoms with Crippen LogP contribution in [0.2, 0.25) is 0 Å². The summed E-state index contributed by atoms with van der Waals surface area (Å²) >= 11 is 0. The van der Waals surface area contributed by atoms with Gasteiger partial charge in [0.1, 0.15) is 4.90 Å². The molecule has 1 rings (SSSR count). The number of hydrogen-bond donors (Lipinski definition) is 2. The van der Waals surface area contributed by atoms with E-state index in [2.05, 4.69) is 6.58 Å². The smallest absolute Gasteiger partial charge is 0.257 e. The molecule has 1 aromatic rings. The van der Waals surface area contributed by atoms with Gasteiger partial charge in [-0.05, 0) is 12.1 Å². The molecule has 0 bridgehead atoms. The maximum absolute atomic E-state index is 11.8. The van der Waals surface area contributed by atoms with E-state index in [1.54, 1.807) is 12.1 Å². The number of anilines is 1. The van der Waals surface area contributed by atoms with Gasteiger partial charge in [0.15, 0.2) is 0 Å². The zero-order valence-corrected chi connectivity index (χ0v) is 8.94. The van der Waals surface area contributed by atoms with Crippen LogP contribution in [0, 0.1) is 0 Å². The Labute approximate surface area is 89.0 Å². The average Bonchev–Trinajstić information content (AvgIpc) is 2.18. The Morgan fingerprint density at radius 1 is 1.40 bits per heavy atom. The molecule has 4 N–H and O–H groups in total. The third-order valence-electron chi connectivity index (χ3n) is 1.81. The molecule has 0 fully saturated rings. The molecule has 0 aliphatic rings. The first kappa shape index (κ1) is 11.7. The third kappa shape index (κ3) is 2.35. The lowest BCUT2D eigenvalue weighted by Crippen LogP contribution is -2.37. The Morgan fingerprint density at radius 3 is 2.53 bits per heavy atom. The van der Waals surface area contributed by atoms with Crippen molar-refractivity contribution >= 4 is 15.7 Å². The van der Waals surface area contributed by atoms with Crippen LogP contribution in [0.4, 0.5) is 5.69 Å². The molecule has 0 heterocycles. The Hall–Kier alpha value is -1.37. The van der Waals surface area contributed by atoms with Gasteiger partial charge < -0.3 is 5.73 Å². The van der Waals surface area contributed by atoms with E-state index in [0.717, 1.165) is 0 Å². The molecule has 0 saturated heterocycles. The standard InChI is InChI=1S/C9H13N3O2S/c1-2-7-12(11)15(13,14)9-6-4-3-5-8(9)10/h2-6H,1,7,10-11H2. The summed E-state index contributed by atoms with van der Waals surface area (Å²) in [5.41, 5.74) is 5.73. The molecule has 0 aromatic heterocycles. The minimum Gasteiger partial charge on any atom is -0.398 e. The molecule has 0 atom stereocenters. The van der Waals surface area contributed by atoms with Gasteiger partial charge in [0.05, 0.1) is 5.69 Å². The molecule has 82 valence electrons. The number of benzene rings is 1. The third-order valence-corrected chi connectivity index (χ3v) is 3.51. The summed E-state index contributed by atoms with van der Waals surface area (Å²) in [5, 5.41) is 0. The number of sulfonamides is 1. The highest BCUT2D eigenvalue weighted by Gasteiger charge is 2.22. The van der Waals surface area contributed by atoms with Crippen LogP contribution < -0.4 is 11.6 Å². The van der Waals surface area contributed by atoms with Gasteiger partial charge in [-0.15, -0.1) is 11.0 Å². The fourth-order valence-corrected chi connectivity index (χ4v) is 2.24. The number of hydrazine groups is 1. The second-order valence-electron chi connectivity index (χ2n) is 2.90. The molecule has 5 nitrogen and oxygen atoms in total. The summed E-state index contributed by atoms with van der Waals surface area (Å²) in [4.78, 5) is 0.00866. The largest absolute Gasteiger partial charge is 0.398 e. The first-order valence-electron chi connectivity index (χ1n) is 4.23. The van der Waals surface area contributed by atoms with E-state index in [1.165, 1.54) is 18.2 Å². The maximum Gasteiger partial charge on any atom is 0.257 e. The van der Waals surface area contributed by atoms with E-state index >= 15 is 0 Å². The Balaban J connectivity index is 3.17. The number of para-hydroxylation sites is 1. The predicted molar refractivity (Wildman–Crippen MR) is 59.1 cm³/mol. The van der Waals surface area contributed by atoms with E-state index in [-0.39, 0.29) is 17.1 Å². The molecule has 0 spiro atoms. The van der Waals surface area contributed by atoms with Crippen molar-refractivity contribution in [2.45, 2.75) is 4.90 Å². The van der Waals surface area contributed by atoms with Crippen molar-refractivity contribution in [2.75, 3.05) is 12.3 Å². The normalized spacial score (nSPS) is 11.6. The van der Waals surface area contributed by atoms with E-state index in [0.29, 0.717) is 4.41 Å². The first-order chi connectivity index (χ1) is 7.00. The second-order valence-corrected chi connectivity index (χ2v) is 4.76.